The van der Waals surface area contributed by atoms with Gasteiger partial charge in [-0.15, -0.1) is 0 Å². The lowest BCUT2D eigenvalue weighted by Crippen LogP contribution is -2.37. The smallest absolute Gasteiger partial charge is 0.164 e. The van der Waals surface area contributed by atoms with Crippen molar-refractivity contribution in [2.75, 3.05) is 25.5 Å². The van der Waals surface area contributed by atoms with Crippen molar-refractivity contribution in [2.24, 2.45) is 0 Å². The Morgan fingerprint density at radius 1 is 1.42 bits per heavy atom. The maximum absolute atomic E-state index is 12.0. The van der Waals surface area contributed by atoms with Crippen LogP contribution in [0, 0.1) is 0 Å². The van der Waals surface area contributed by atoms with Crippen molar-refractivity contribution in [1.82, 2.24) is 4.90 Å². The predicted molar refractivity (Wildman–Crippen MR) is 82.9 cm³/mol. The number of ketones is 1. The summed E-state index contributed by atoms with van der Waals surface area (Å²) in [5.74, 6) is 0.191. The Bertz CT molecular complexity index is 453. The number of anilines is 1. The first-order valence-corrected chi connectivity index (χ1v) is 7.67. The third-order valence-electron chi connectivity index (χ3n) is 3.68. The Kier molecular flexibility index (Phi) is 4.99. The summed E-state index contributed by atoms with van der Waals surface area (Å²) in [6, 6.07) is 6.39. The minimum atomic E-state index is 0.191. The molecule has 1 heterocycles. The van der Waals surface area contributed by atoms with E-state index in [-0.39, 0.29) is 5.78 Å². The lowest BCUT2D eigenvalue weighted by molar-refractivity contribution is 0.0989. The number of likely N-dealkylation sites (tertiary alicyclic amines) is 1. The van der Waals surface area contributed by atoms with Crippen LogP contribution in [0.15, 0.2) is 22.7 Å². The van der Waals surface area contributed by atoms with Crippen molar-refractivity contribution in [3.63, 3.8) is 0 Å². The Balaban J connectivity index is 2.13. The van der Waals surface area contributed by atoms with E-state index in [2.05, 4.69) is 33.2 Å². The first-order chi connectivity index (χ1) is 9.10. The molecule has 1 saturated heterocycles. The predicted octanol–water partition coefficient (Wildman–Crippen LogP) is 3.55. The summed E-state index contributed by atoms with van der Waals surface area (Å²) in [7, 11) is 2.15. The minimum absolute atomic E-state index is 0.191. The molecule has 1 aromatic carbocycles. The second kappa shape index (κ2) is 6.53. The van der Waals surface area contributed by atoms with Gasteiger partial charge >= 0.3 is 0 Å². The fraction of sp³-hybridized carbons (Fsp3) is 0.533. The zero-order valence-electron chi connectivity index (χ0n) is 11.6. The van der Waals surface area contributed by atoms with Crippen LogP contribution in [-0.4, -0.2) is 36.9 Å². The van der Waals surface area contributed by atoms with E-state index in [4.69, 9.17) is 0 Å². The Morgan fingerprint density at radius 2 is 2.11 bits per heavy atom. The summed E-state index contributed by atoms with van der Waals surface area (Å²) in [6.45, 7) is 4.14. The maximum atomic E-state index is 12.0. The monoisotopic (exact) mass is 324 g/mol. The third kappa shape index (κ3) is 3.80. The molecule has 0 saturated carbocycles. The van der Waals surface area contributed by atoms with Crippen molar-refractivity contribution in [2.45, 2.75) is 32.2 Å². The number of piperidine rings is 1. The SMILES string of the molecule is CCC(=O)c1cc(Br)ccc1NC1CCN(C)CC1. The third-order valence-corrected chi connectivity index (χ3v) is 4.17. The molecule has 1 aliphatic heterocycles. The molecule has 0 aliphatic carbocycles. The average molecular weight is 325 g/mol. The largest absolute Gasteiger partial charge is 0.382 e. The number of halogens is 1. The van der Waals surface area contributed by atoms with Gasteiger partial charge in [0.25, 0.3) is 0 Å². The van der Waals surface area contributed by atoms with Crippen molar-refractivity contribution in [3.8, 4) is 0 Å². The summed E-state index contributed by atoms with van der Waals surface area (Å²) in [5.41, 5.74) is 1.78. The van der Waals surface area contributed by atoms with E-state index in [1.165, 1.54) is 0 Å². The van der Waals surface area contributed by atoms with Gasteiger partial charge in [-0.25, -0.2) is 0 Å². The van der Waals surface area contributed by atoms with Gasteiger partial charge in [0, 0.05) is 28.2 Å². The molecule has 0 amide bonds. The van der Waals surface area contributed by atoms with Crippen LogP contribution in [-0.2, 0) is 0 Å². The normalized spacial score (nSPS) is 17.4. The molecule has 1 N–H and O–H groups in total. The topological polar surface area (TPSA) is 32.3 Å². The molecule has 104 valence electrons. The molecule has 1 aromatic rings. The van der Waals surface area contributed by atoms with Gasteiger partial charge in [-0.1, -0.05) is 22.9 Å². The molecule has 0 bridgehead atoms. The lowest BCUT2D eigenvalue weighted by Gasteiger charge is -2.30. The highest BCUT2D eigenvalue weighted by atomic mass is 79.9. The van der Waals surface area contributed by atoms with E-state index >= 15 is 0 Å². The molecule has 2 rings (SSSR count). The zero-order chi connectivity index (χ0) is 13.8. The van der Waals surface area contributed by atoms with Gasteiger partial charge in [0.15, 0.2) is 5.78 Å². The fourth-order valence-electron chi connectivity index (χ4n) is 2.44. The molecular weight excluding hydrogens is 304 g/mol. The van der Waals surface area contributed by atoms with Crippen LogP contribution >= 0.6 is 15.9 Å². The van der Waals surface area contributed by atoms with Gasteiger partial charge in [-0.05, 0) is 51.2 Å². The molecule has 0 unspecified atom stereocenters. The van der Waals surface area contributed by atoms with Gasteiger partial charge in [-0.2, -0.15) is 0 Å². The summed E-state index contributed by atoms with van der Waals surface area (Å²) in [5, 5.41) is 3.54. The van der Waals surface area contributed by atoms with Crippen molar-refractivity contribution < 1.29 is 4.79 Å². The van der Waals surface area contributed by atoms with Crippen molar-refractivity contribution in [3.05, 3.63) is 28.2 Å². The van der Waals surface area contributed by atoms with E-state index in [9.17, 15) is 4.79 Å². The number of nitrogens with zero attached hydrogens (tertiary/aromatic N) is 1. The number of nitrogens with one attached hydrogen (secondary N) is 1. The first-order valence-electron chi connectivity index (χ1n) is 6.88. The number of benzene rings is 1. The summed E-state index contributed by atoms with van der Waals surface area (Å²) in [4.78, 5) is 14.4. The van der Waals surface area contributed by atoms with E-state index in [1.54, 1.807) is 0 Å². The molecule has 0 aromatic heterocycles. The van der Waals surface area contributed by atoms with Gasteiger partial charge in [0.1, 0.15) is 0 Å². The number of hydrogen-bond acceptors (Lipinski definition) is 3. The number of carbonyl (C=O) groups is 1. The summed E-state index contributed by atoms with van der Waals surface area (Å²) < 4.78 is 0.957. The molecular formula is C15H21BrN2O. The molecule has 1 fully saturated rings. The fourth-order valence-corrected chi connectivity index (χ4v) is 2.80. The van der Waals surface area contributed by atoms with Crippen LogP contribution in [0.3, 0.4) is 0 Å². The number of hydrogen-bond donors (Lipinski definition) is 1. The number of Topliss-reactive ketones (excluding diaryl/α,β-unsaturated/α-hetero) is 1. The number of rotatable bonds is 4. The van der Waals surface area contributed by atoms with E-state index < -0.39 is 0 Å². The molecule has 0 atom stereocenters. The van der Waals surface area contributed by atoms with E-state index in [0.717, 1.165) is 41.7 Å². The van der Waals surface area contributed by atoms with Crippen molar-refractivity contribution >= 4 is 27.4 Å². The van der Waals surface area contributed by atoms with Crippen LogP contribution < -0.4 is 5.32 Å². The molecule has 3 nitrogen and oxygen atoms in total. The molecule has 4 heteroatoms. The second-order valence-corrected chi connectivity index (χ2v) is 6.10. The summed E-state index contributed by atoms with van der Waals surface area (Å²) in [6.07, 6.45) is 2.80. The van der Waals surface area contributed by atoms with Gasteiger partial charge in [0.05, 0.1) is 0 Å². The highest BCUT2D eigenvalue weighted by molar-refractivity contribution is 9.10. The summed E-state index contributed by atoms with van der Waals surface area (Å²) >= 11 is 3.44. The Hall–Kier alpha value is -0.870. The Labute approximate surface area is 123 Å². The quantitative estimate of drug-likeness (QED) is 0.859. The maximum Gasteiger partial charge on any atom is 0.164 e. The average Bonchev–Trinajstić information content (AvgIpc) is 2.42. The first kappa shape index (κ1) is 14.5. The molecule has 0 radical (unpaired) electrons. The van der Waals surface area contributed by atoms with Gasteiger partial charge in [0.2, 0.25) is 0 Å². The number of carbonyl (C=O) groups excluding carboxylic acids is 1. The van der Waals surface area contributed by atoms with Gasteiger partial charge < -0.3 is 10.2 Å². The molecule has 1 aliphatic rings. The van der Waals surface area contributed by atoms with E-state index in [1.807, 2.05) is 25.1 Å². The Morgan fingerprint density at radius 3 is 2.74 bits per heavy atom. The van der Waals surface area contributed by atoms with Gasteiger partial charge in [-0.3, -0.25) is 4.79 Å². The van der Waals surface area contributed by atoms with Crippen LogP contribution in [0.4, 0.5) is 5.69 Å². The lowest BCUT2D eigenvalue weighted by atomic mass is 10.0. The standard InChI is InChI=1S/C15H21BrN2O/c1-3-15(19)13-10-11(16)4-5-14(13)17-12-6-8-18(2)9-7-12/h4-5,10,12,17H,3,6-9H2,1-2H3. The van der Waals surface area contributed by atoms with Crippen molar-refractivity contribution in [1.29, 1.82) is 0 Å². The van der Waals surface area contributed by atoms with Crippen LogP contribution in [0.1, 0.15) is 36.5 Å². The molecule has 19 heavy (non-hydrogen) atoms. The van der Waals surface area contributed by atoms with Crippen LogP contribution in [0.25, 0.3) is 0 Å². The van der Waals surface area contributed by atoms with Crippen LogP contribution in [0.5, 0.6) is 0 Å². The van der Waals surface area contributed by atoms with E-state index in [0.29, 0.717) is 12.5 Å². The second-order valence-electron chi connectivity index (χ2n) is 5.19. The molecule has 0 spiro atoms. The minimum Gasteiger partial charge on any atom is -0.382 e. The highest BCUT2D eigenvalue weighted by Gasteiger charge is 2.18. The van der Waals surface area contributed by atoms with Crippen LogP contribution in [0.2, 0.25) is 0 Å². The zero-order valence-corrected chi connectivity index (χ0v) is 13.2. The highest BCUT2D eigenvalue weighted by Crippen LogP contribution is 2.25.